The van der Waals surface area contributed by atoms with Gasteiger partial charge in [-0.05, 0) is 32.9 Å². The highest BCUT2D eigenvalue weighted by atomic mass is 32.1. The van der Waals surface area contributed by atoms with Crippen LogP contribution in [0.3, 0.4) is 0 Å². The van der Waals surface area contributed by atoms with Crippen LogP contribution in [0.2, 0.25) is 0 Å². The highest BCUT2D eigenvalue weighted by Gasteiger charge is 2.28. The Bertz CT molecular complexity index is 858. The van der Waals surface area contributed by atoms with Crippen molar-refractivity contribution >= 4 is 34.2 Å². The SMILES string of the molecule is CCOC(=O)c1sc(N)c(C(=O)OCC)c1COC(=O)c1cccc(C)c1. The number of nitrogen functional groups attached to an aromatic ring is 1. The molecule has 2 aromatic rings. The first-order chi connectivity index (χ1) is 12.9. The van der Waals surface area contributed by atoms with E-state index in [9.17, 15) is 14.4 Å². The van der Waals surface area contributed by atoms with E-state index >= 15 is 0 Å². The lowest BCUT2D eigenvalue weighted by Crippen LogP contribution is -2.14. The number of nitrogens with two attached hydrogens (primary N) is 1. The van der Waals surface area contributed by atoms with Crippen LogP contribution in [0.25, 0.3) is 0 Å². The van der Waals surface area contributed by atoms with Gasteiger partial charge in [0.05, 0.1) is 18.8 Å². The van der Waals surface area contributed by atoms with E-state index in [1.165, 1.54) is 0 Å². The third-order valence-corrected chi connectivity index (χ3v) is 4.62. The molecule has 0 aliphatic rings. The van der Waals surface area contributed by atoms with Crippen molar-refractivity contribution in [3.05, 3.63) is 51.4 Å². The molecule has 0 aliphatic heterocycles. The average Bonchev–Trinajstić information content (AvgIpc) is 2.96. The number of carbonyl (C=O) groups is 3. The molecule has 0 bridgehead atoms. The summed E-state index contributed by atoms with van der Waals surface area (Å²) in [6, 6.07) is 6.90. The number of rotatable bonds is 7. The van der Waals surface area contributed by atoms with E-state index < -0.39 is 17.9 Å². The van der Waals surface area contributed by atoms with E-state index in [0.717, 1.165) is 16.9 Å². The van der Waals surface area contributed by atoms with Crippen LogP contribution in [0.4, 0.5) is 5.00 Å². The summed E-state index contributed by atoms with van der Waals surface area (Å²) in [5.74, 6) is -1.89. The zero-order valence-electron chi connectivity index (χ0n) is 15.4. The van der Waals surface area contributed by atoms with Gasteiger partial charge in [0.15, 0.2) is 0 Å². The van der Waals surface area contributed by atoms with Crippen LogP contribution in [0.1, 0.15) is 55.4 Å². The van der Waals surface area contributed by atoms with Crippen molar-refractivity contribution in [1.29, 1.82) is 0 Å². The van der Waals surface area contributed by atoms with Gasteiger partial charge in [0, 0.05) is 5.56 Å². The quantitative estimate of drug-likeness (QED) is 0.570. The number of hydrogen-bond acceptors (Lipinski definition) is 8. The monoisotopic (exact) mass is 391 g/mol. The largest absolute Gasteiger partial charge is 0.462 e. The van der Waals surface area contributed by atoms with Crippen LogP contribution < -0.4 is 5.73 Å². The predicted octanol–water partition coefficient (Wildman–Crippen LogP) is 3.35. The van der Waals surface area contributed by atoms with Gasteiger partial charge in [-0.1, -0.05) is 17.7 Å². The molecule has 7 nitrogen and oxygen atoms in total. The van der Waals surface area contributed by atoms with Crippen molar-refractivity contribution in [2.75, 3.05) is 18.9 Å². The molecule has 0 atom stereocenters. The second-order valence-electron chi connectivity index (χ2n) is 5.54. The molecule has 0 fully saturated rings. The Labute approximate surface area is 161 Å². The van der Waals surface area contributed by atoms with Gasteiger partial charge in [-0.2, -0.15) is 0 Å². The Kier molecular flexibility index (Phi) is 6.95. The number of hydrogen-bond donors (Lipinski definition) is 1. The smallest absolute Gasteiger partial charge is 0.348 e. The molecule has 27 heavy (non-hydrogen) atoms. The van der Waals surface area contributed by atoms with Gasteiger partial charge in [-0.15, -0.1) is 11.3 Å². The van der Waals surface area contributed by atoms with Crippen LogP contribution in [0.15, 0.2) is 24.3 Å². The molecule has 8 heteroatoms. The van der Waals surface area contributed by atoms with Crippen molar-refractivity contribution in [3.8, 4) is 0 Å². The molecule has 0 amide bonds. The summed E-state index contributed by atoms with van der Waals surface area (Å²) >= 11 is 0.904. The lowest BCUT2D eigenvalue weighted by Gasteiger charge is -2.09. The Morgan fingerprint density at radius 1 is 1.00 bits per heavy atom. The second kappa shape index (κ2) is 9.18. The van der Waals surface area contributed by atoms with E-state index in [4.69, 9.17) is 19.9 Å². The number of thiophene rings is 1. The molecular formula is C19H21NO6S. The molecule has 144 valence electrons. The fourth-order valence-corrected chi connectivity index (χ4v) is 3.36. The first-order valence-corrected chi connectivity index (χ1v) is 9.19. The summed E-state index contributed by atoms with van der Waals surface area (Å²) < 4.78 is 15.3. The van der Waals surface area contributed by atoms with Gasteiger partial charge in [0.2, 0.25) is 0 Å². The molecule has 0 aliphatic carbocycles. The van der Waals surface area contributed by atoms with Crippen molar-refractivity contribution in [2.24, 2.45) is 0 Å². The lowest BCUT2D eigenvalue weighted by atomic mass is 10.1. The first-order valence-electron chi connectivity index (χ1n) is 8.38. The maximum absolute atomic E-state index is 12.3. The van der Waals surface area contributed by atoms with Crippen LogP contribution in [-0.2, 0) is 20.8 Å². The summed E-state index contributed by atoms with van der Waals surface area (Å²) in [5.41, 5.74) is 7.41. The highest BCUT2D eigenvalue weighted by Crippen LogP contribution is 2.33. The minimum atomic E-state index is -0.677. The lowest BCUT2D eigenvalue weighted by molar-refractivity contribution is 0.0437. The highest BCUT2D eigenvalue weighted by molar-refractivity contribution is 7.18. The van der Waals surface area contributed by atoms with E-state index in [0.29, 0.717) is 5.56 Å². The fraction of sp³-hybridized carbons (Fsp3) is 0.316. The third-order valence-electron chi connectivity index (χ3n) is 3.58. The molecule has 0 unspecified atom stereocenters. The Balaban J connectivity index is 2.33. The molecule has 0 spiro atoms. The molecule has 1 aromatic heterocycles. The summed E-state index contributed by atoms with van der Waals surface area (Å²) in [6.45, 7) is 5.18. The third kappa shape index (κ3) is 4.85. The zero-order chi connectivity index (χ0) is 20.0. The van der Waals surface area contributed by atoms with Crippen molar-refractivity contribution in [2.45, 2.75) is 27.4 Å². The Morgan fingerprint density at radius 2 is 1.67 bits per heavy atom. The van der Waals surface area contributed by atoms with Gasteiger partial charge in [0.25, 0.3) is 0 Å². The van der Waals surface area contributed by atoms with Crippen LogP contribution in [0, 0.1) is 6.92 Å². The Hall–Kier alpha value is -2.87. The van der Waals surface area contributed by atoms with E-state index in [-0.39, 0.29) is 40.8 Å². The molecule has 1 heterocycles. The molecule has 0 radical (unpaired) electrons. The summed E-state index contributed by atoms with van der Waals surface area (Å²) in [5, 5.41) is 0.109. The topological polar surface area (TPSA) is 105 Å². The molecule has 0 saturated heterocycles. The molecule has 1 aromatic carbocycles. The standard InChI is InChI=1S/C19H21NO6S/c1-4-24-18(22)14-13(15(27-16(14)20)19(23)25-5-2)10-26-17(21)12-8-6-7-11(3)9-12/h6-9H,4-5,10,20H2,1-3H3. The first kappa shape index (κ1) is 20.4. The van der Waals surface area contributed by atoms with Gasteiger partial charge < -0.3 is 19.9 Å². The maximum atomic E-state index is 12.3. The average molecular weight is 391 g/mol. The maximum Gasteiger partial charge on any atom is 0.348 e. The zero-order valence-corrected chi connectivity index (χ0v) is 16.2. The van der Waals surface area contributed by atoms with Gasteiger partial charge in [-0.25, -0.2) is 14.4 Å². The van der Waals surface area contributed by atoms with Crippen molar-refractivity contribution in [1.82, 2.24) is 0 Å². The predicted molar refractivity (Wildman–Crippen MR) is 101 cm³/mol. The van der Waals surface area contributed by atoms with Crippen LogP contribution >= 0.6 is 11.3 Å². The van der Waals surface area contributed by atoms with Gasteiger partial charge in [-0.3, -0.25) is 0 Å². The van der Waals surface area contributed by atoms with E-state index in [1.807, 2.05) is 13.0 Å². The number of anilines is 1. The fourth-order valence-electron chi connectivity index (χ4n) is 2.40. The minimum Gasteiger partial charge on any atom is -0.462 e. The summed E-state index contributed by atoms with van der Waals surface area (Å²) in [6.07, 6.45) is 0. The number of ether oxygens (including phenoxy) is 3. The Morgan fingerprint density at radius 3 is 2.30 bits per heavy atom. The van der Waals surface area contributed by atoms with Crippen LogP contribution in [0.5, 0.6) is 0 Å². The van der Waals surface area contributed by atoms with Gasteiger partial charge >= 0.3 is 17.9 Å². The molecule has 2 N–H and O–H groups in total. The summed E-state index contributed by atoms with van der Waals surface area (Å²) in [4.78, 5) is 36.9. The number of aryl methyl sites for hydroxylation is 1. The van der Waals surface area contributed by atoms with Crippen LogP contribution in [-0.4, -0.2) is 31.1 Å². The molecule has 2 rings (SSSR count). The van der Waals surface area contributed by atoms with Gasteiger partial charge in [0.1, 0.15) is 22.0 Å². The second-order valence-corrected chi connectivity index (χ2v) is 6.59. The van der Waals surface area contributed by atoms with Crippen molar-refractivity contribution in [3.63, 3.8) is 0 Å². The summed E-state index contributed by atoms with van der Waals surface area (Å²) in [7, 11) is 0. The molecule has 0 saturated carbocycles. The van der Waals surface area contributed by atoms with Crippen molar-refractivity contribution < 1.29 is 28.6 Å². The van der Waals surface area contributed by atoms with E-state index in [1.54, 1.807) is 32.0 Å². The molecular weight excluding hydrogens is 370 g/mol. The minimum absolute atomic E-state index is 0.0296. The normalized spacial score (nSPS) is 10.3. The van der Waals surface area contributed by atoms with E-state index in [2.05, 4.69) is 0 Å². The number of carbonyl (C=O) groups excluding carboxylic acids is 3. The number of esters is 3. The number of benzene rings is 1.